The minimum Gasteiger partial charge on any atom is -0.447 e. The molecule has 0 radical (unpaired) electrons. The molecule has 0 atom stereocenters. The van der Waals surface area contributed by atoms with E-state index in [-0.39, 0.29) is 70.3 Å². The maximum atomic E-state index is 13.4. The van der Waals surface area contributed by atoms with Crippen molar-refractivity contribution in [2.24, 2.45) is 5.92 Å². The Morgan fingerprint density at radius 1 is 1.07 bits per heavy atom. The van der Waals surface area contributed by atoms with Crippen LogP contribution in [0.2, 0.25) is 5.02 Å². The Bertz CT molecular complexity index is 1450. The first-order valence-corrected chi connectivity index (χ1v) is 13.3. The van der Waals surface area contributed by atoms with Crippen LogP contribution in [-0.4, -0.2) is 83.3 Å². The number of hydrogen-bond acceptors (Lipinski definition) is 8. The fraction of sp³-hybridized carbons (Fsp3) is 0.407. The predicted molar refractivity (Wildman–Crippen MR) is 146 cm³/mol. The summed E-state index contributed by atoms with van der Waals surface area (Å²) in [4.78, 5) is 63.2. The van der Waals surface area contributed by atoms with Crippen molar-refractivity contribution in [1.82, 2.24) is 19.8 Å². The number of aromatic nitrogens is 2. The molecule has 3 aromatic rings. The first kappa shape index (κ1) is 27.5. The molecule has 0 aromatic carbocycles. The van der Waals surface area contributed by atoms with Crippen LogP contribution in [0, 0.1) is 5.92 Å². The number of morpholine rings is 1. The largest absolute Gasteiger partial charge is 0.447 e. The number of anilines is 2. The molecule has 0 bridgehead atoms. The van der Waals surface area contributed by atoms with Gasteiger partial charge in [-0.25, -0.2) is 9.97 Å². The second kappa shape index (κ2) is 11.6. The van der Waals surface area contributed by atoms with E-state index in [4.69, 9.17) is 20.8 Å². The minimum atomic E-state index is -0.654. The van der Waals surface area contributed by atoms with Crippen molar-refractivity contribution in [3.8, 4) is 0 Å². The first-order valence-electron chi connectivity index (χ1n) is 13.0. The smallest absolute Gasteiger partial charge is 0.294 e. The molecule has 2 aliphatic rings. The topological polar surface area (TPSA) is 147 Å². The van der Waals surface area contributed by atoms with Gasteiger partial charge in [0.1, 0.15) is 29.3 Å². The van der Waals surface area contributed by atoms with Crippen LogP contribution in [0.3, 0.4) is 0 Å². The molecule has 1 saturated carbocycles. The Hall–Kier alpha value is -4.03. The van der Waals surface area contributed by atoms with Crippen molar-refractivity contribution in [3.63, 3.8) is 0 Å². The molecule has 4 amide bonds. The summed E-state index contributed by atoms with van der Waals surface area (Å²) in [5.74, 6) is -1.58. The number of carbonyl (C=O) groups is 4. The summed E-state index contributed by atoms with van der Waals surface area (Å²) in [6, 6.07) is 6.22. The molecule has 0 spiro atoms. The number of rotatable bonds is 6. The van der Waals surface area contributed by atoms with Gasteiger partial charge in [-0.05, 0) is 49.9 Å². The predicted octanol–water partition coefficient (Wildman–Crippen LogP) is 3.19. The van der Waals surface area contributed by atoms with Crippen LogP contribution in [0.5, 0.6) is 0 Å². The lowest BCUT2D eigenvalue weighted by atomic mass is 9.84. The zero-order valence-corrected chi connectivity index (χ0v) is 22.9. The Morgan fingerprint density at radius 2 is 1.85 bits per heavy atom. The molecule has 1 aliphatic carbocycles. The Kier molecular flexibility index (Phi) is 7.99. The molecule has 210 valence electrons. The summed E-state index contributed by atoms with van der Waals surface area (Å²) < 4.78 is 11.1. The van der Waals surface area contributed by atoms with E-state index >= 15 is 0 Å². The van der Waals surface area contributed by atoms with Gasteiger partial charge in [0.2, 0.25) is 17.6 Å². The van der Waals surface area contributed by atoms with E-state index < -0.39 is 5.91 Å². The number of amides is 4. The molecule has 4 heterocycles. The van der Waals surface area contributed by atoms with E-state index in [2.05, 4.69) is 20.6 Å². The minimum absolute atomic E-state index is 0.0241. The first-order chi connectivity index (χ1) is 19.2. The number of hydrogen-bond donors (Lipinski definition) is 2. The third kappa shape index (κ3) is 5.77. The quantitative estimate of drug-likeness (QED) is 0.461. The Morgan fingerprint density at radius 3 is 2.52 bits per heavy atom. The van der Waals surface area contributed by atoms with Crippen molar-refractivity contribution in [1.29, 1.82) is 0 Å². The van der Waals surface area contributed by atoms with Gasteiger partial charge >= 0.3 is 0 Å². The summed E-state index contributed by atoms with van der Waals surface area (Å²) in [6.45, 7) is 1.17. The Balaban J connectivity index is 1.39. The van der Waals surface area contributed by atoms with Crippen molar-refractivity contribution >= 4 is 57.8 Å². The van der Waals surface area contributed by atoms with Crippen molar-refractivity contribution < 1.29 is 28.3 Å². The zero-order chi connectivity index (χ0) is 28.4. The highest BCUT2D eigenvalue weighted by atomic mass is 35.5. The van der Waals surface area contributed by atoms with Crippen molar-refractivity contribution in [3.05, 3.63) is 46.9 Å². The zero-order valence-electron chi connectivity index (χ0n) is 22.1. The highest BCUT2D eigenvalue weighted by molar-refractivity contribution is 6.30. The molecule has 3 aromatic heterocycles. The summed E-state index contributed by atoms with van der Waals surface area (Å²) in [5.41, 5.74) is 0.624. The Labute approximate surface area is 235 Å². The van der Waals surface area contributed by atoms with Crippen LogP contribution in [0.1, 0.15) is 46.7 Å². The van der Waals surface area contributed by atoms with Crippen LogP contribution < -0.4 is 10.6 Å². The summed E-state index contributed by atoms with van der Waals surface area (Å²) in [5, 5.41) is 5.90. The number of carbonyl (C=O) groups excluding carboxylic acids is 4. The molecule has 12 nitrogen and oxygen atoms in total. The average Bonchev–Trinajstić information content (AvgIpc) is 3.31. The van der Waals surface area contributed by atoms with Gasteiger partial charge in [-0.1, -0.05) is 11.6 Å². The van der Waals surface area contributed by atoms with Gasteiger partial charge in [0.15, 0.2) is 5.58 Å². The van der Waals surface area contributed by atoms with E-state index in [0.717, 1.165) is 0 Å². The third-order valence-electron chi connectivity index (χ3n) is 7.11. The lowest BCUT2D eigenvalue weighted by Crippen LogP contribution is -2.49. The normalized spacial score (nSPS) is 19.4. The third-order valence-corrected chi connectivity index (χ3v) is 7.34. The fourth-order valence-electron chi connectivity index (χ4n) is 5.01. The summed E-state index contributed by atoms with van der Waals surface area (Å²) in [6.07, 6.45) is 3.91. The maximum absolute atomic E-state index is 13.4. The maximum Gasteiger partial charge on any atom is 0.294 e. The van der Waals surface area contributed by atoms with Gasteiger partial charge in [0.25, 0.3) is 11.8 Å². The molecule has 2 N–H and O–H groups in total. The molecule has 0 unspecified atom stereocenters. The number of nitrogens with zero attached hydrogens (tertiary/aromatic N) is 4. The van der Waals surface area contributed by atoms with E-state index in [1.54, 1.807) is 20.2 Å². The van der Waals surface area contributed by atoms with Crippen LogP contribution >= 0.6 is 11.6 Å². The molecule has 1 aliphatic heterocycles. The lowest BCUT2D eigenvalue weighted by molar-refractivity contribution is -0.146. The number of pyridine rings is 2. The van der Waals surface area contributed by atoms with Crippen molar-refractivity contribution in [2.75, 3.05) is 44.5 Å². The van der Waals surface area contributed by atoms with Gasteiger partial charge in [0, 0.05) is 38.8 Å². The number of furan rings is 1. The van der Waals surface area contributed by atoms with E-state index in [1.165, 1.54) is 29.3 Å². The number of halogens is 1. The molecule has 5 rings (SSSR count). The number of ether oxygens (including phenoxy) is 1. The van der Waals surface area contributed by atoms with Crippen LogP contribution in [0.4, 0.5) is 11.5 Å². The molecular weight excluding hydrogens is 540 g/mol. The average molecular weight is 569 g/mol. The molecule has 13 heteroatoms. The second-order valence-electron chi connectivity index (χ2n) is 10.00. The summed E-state index contributed by atoms with van der Waals surface area (Å²) >= 11 is 5.89. The van der Waals surface area contributed by atoms with Crippen LogP contribution in [-0.2, 0) is 14.3 Å². The molecule has 2 fully saturated rings. The van der Waals surface area contributed by atoms with Gasteiger partial charge in [-0.15, -0.1) is 0 Å². The molecule has 40 heavy (non-hydrogen) atoms. The van der Waals surface area contributed by atoms with Gasteiger partial charge < -0.3 is 29.6 Å². The van der Waals surface area contributed by atoms with Crippen LogP contribution in [0.25, 0.3) is 11.1 Å². The highest BCUT2D eigenvalue weighted by Crippen LogP contribution is 2.34. The number of fused-ring (bicyclic) bond motifs is 1. The lowest BCUT2D eigenvalue weighted by Gasteiger charge is -2.38. The van der Waals surface area contributed by atoms with Crippen LogP contribution in [0.15, 0.2) is 34.9 Å². The summed E-state index contributed by atoms with van der Waals surface area (Å²) in [7, 11) is 3.20. The van der Waals surface area contributed by atoms with E-state index in [0.29, 0.717) is 43.9 Å². The van der Waals surface area contributed by atoms with Gasteiger partial charge in [-0.3, -0.25) is 19.2 Å². The SMILES string of the molecule is CN(C)C(=O)c1ccc2oc(C(=O)Nc3ccc(Cl)cn3)c(NC(=O)C3CCC(N4CCOCC4=O)CC3)c2n1. The number of nitrogens with one attached hydrogen (secondary N) is 2. The second-order valence-corrected chi connectivity index (χ2v) is 10.4. The standard InChI is InChI=1S/C27H29ClN6O6/c1-33(2)27(38)18-8-9-19-22(30-18)23(24(40-19)26(37)31-20-10-5-16(28)13-29-20)32-25(36)15-3-6-17(7-4-15)34-11-12-39-14-21(34)35/h5,8-10,13,15,17H,3-4,6-7,11-12,14H2,1-2H3,(H,32,36)(H,29,31,37). The van der Waals surface area contributed by atoms with Gasteiger partial charge in [-0.2, -0.15) is 0 Å². The fourth-order valence-corrected chi connectivity index (χ4v) is 5.13. The molecular formula is C27H29ClN6O6. The monoisotopic (exact) mass is 568 g/mol. The van der Waals surface area contributed by atoms with Gasteiger partial charge in [0.05, 0.1) is 11.6 Å². The molecule has 1 saturated heterocycles. The van der Waals surface area contributed by atoms with E-state index in [1.807, 2.05) is 4.90 Å². The van der Waals surface area contributed by atoms with Crippen molar-refractivity contribution in [2.45, 2.75) is 31.7 Å². The highest BCUT2D eigenvalue weighted by Gasteiger charge is 2.34. The van der Waals surface area contributed by atoms with E-state index in [9.17, 15) is 19.2 Å².